The minimum Gasteiger partial charge on any atom is -0.366 e. The van der Waals surface area contributed by atoms with Gasteiger partial charge < -0.3 is 15.1 Å². The van der Waals surface area contributed by atoms with Gasteiger partial charge in [-0.1, -0.05) is 6.92 Å². The van der Waals surface area contributed by atoms with Crippen LogP contribution >= 0.6 is 0 Å². The van der Waals surface area contributed by atoms with E-state index < -0.39 is 0 Å². The summed E-state index contributed by atoms with van der Waals surface area (Å²) in [5.41, 5.74) is 3.82. The molecule has 2 aromatic heterocycles. The van der Waals surface area contributed by atoms with Crippen molar-refractivity contribution in [1.29, 1.82) is 0 Å². The Bertz CT molecular complexity index is 542. The first-order chi connectivity index (χ1) is 8.20. The van der Waals surface area contributed by atoms with Gasteiger partial charge in [-0.15, -0.1) is 0 Å². The number of nitrogens with two attached hydrogens (primary N) is 1. The predicted molar refractivity (Wildman–Crippen MR) is 66.6 cm³/mol. The first kappa shape index (κ1) is 10.3. The standard InChI is InChI=1S/C11H16N6/c1-11(2-3-11)7-14-9-10-13-4-5-17(10)6-8(15-9)16-12/h4-6,16H,2-3,7,12H2,1H3,(H,14,15). The number of rotatable bonds is 4. The van der Waals surface area contributed by atoms with Crippen LogP contribution in [-0.2, 0) is 0 Å². The van der Waals surface area contributed by atoms with Crippen LogP contribution in [0.4, 0.5) is 11.6 Å². The van der Waals surface area contributed by atoms with E-state index in [4.69, 9.17) is 5.84 Å². The lowest BCUT2D eigenvalue weighted by atomic mass is 10.1. The maximum atomic E-state index is 5.40. The molecule has 90 valence electrons. The number of hydrogen-bond acceptors (Lipinski definition) is 5. The molecule has 0 aliphatic heterocycles. The van der Waals surface area contributed by atoms with Crippen LogP contribution < -0.4 is 16.6 Å². The average Bonchev–Trinajstić information content (AvgIpc) is 2.90. The summed E-state index contributed by atoms with van der Waals surface area (Å²) in [6, 6.07) is 0. The topological polar surface area (TPSA) is 80.3 Å². The molecule has 1 saturated carbocycles. The number of anilines is 2. The second kappa shape index (κ2) is 3.59. The van der Waals surface area contributed by atoms with Crippen LogP contribution in [0.15, 0.2) is 18.6 Å². The molecule has 0 saturated heterocycles. The summed E-state index contributed by atoms with van der Waals surface area (Å²) >= 11 is 0. The second-order valence-corrected chi connectivity index (χ2v) is 4.94. The van der Waals surface area contributed by atoms with E-state index >= 15 is 0 Å². The van der Waals surface area contributed by atoms with Gasteiger partial charge in [0.1, 0.15) is 0 Å². The van der Waals surface area contributed by atoms with Gasteiger partial charge in [-0.3, -0.25) is 0 Å². The van der Waals surface area contributed by atoms with Crippen molar-refractivity contribution < 1.29 is 0 Å². The summed E-state index contributed by atoms with van der Waals surface area (Å²) in [7, 11) is 0. The van der Waals surface area contributed by atoms with Crippen LogP contribution in [0.2, 0.25) is 0 Å². The first-order valence-corrected chi connectivity index (χ1v) is 5.74. The number of fused-ring (bicyclic) bond motifs is 1. The van der Waals surface area contributed by atoms with Gasteiger partial charge in [-0.25, -0.2) is 15.8 Å². The summed E-state index contributed by atoms with van der Waals surface area (Å²) in [5.74, 6) is 6.80. The van der Waals surface area contributed by atoms with Gasteiger partial charge in [-0.05, 0) is 18.3 Å². The van der Waals surface area contributed by atoms with Crippen molar-refractivity contribution in [3.05, 3.63) is 18.6 Å². The fourth-order valence-corrected chi connectivity index (χ4v) is 1.81. The molecule has 2 aromatic rings. The van der Waals surface area contributed by atoms with E-state index in [-0.39, 0.29) is 0 Å². The SMILES string of the molecule is CC1(CNc2nc(NN)cn3ccnc23)CC1. The van der Waals surface area contributed by atoms with E-state index in [9.17, 15) is 0 Å². The van der Waals surface area contributed by atoms with Crippen molar-refractivity contribution in [1.82, 2.24) is 14.4 Å². The maximum Gasteiger partial charge on any atom is 0.180 e. The molecule has 0 amide bonds. The zero-order valence-electron chi connectivity index (χ0n) is 9.77. The van der Waals surface area contributed by atoms with Gasteiger partial charge in [0.2, 0.25) is 0 Å². The van der Waals surface area contributed by atoms with Crippen molar-refractivity contribution in [2.45, 2.75) is 19.8 Å². The normalized spacial score (nSPS) is 17.1. The number of nitrogens with zero attached hydrogens (tertiary/aromatic N) is 3. The zero-order chi connectivity index (χ0) is 11.9. The highest BCUT2D eigenvalue weighted by atomic mass is 15.3. The minimum atomic E-state index is 0.428. The number of nitrogens with one attached hydrogen (secondary N) is 2. The van der Waals surface area contributed by atoms with E-state index in [1.54, 1.807) is 6.20 Å². The van der Waals surface area contributed by atoms with Crippen molar-refractivity contribution in [3.63, 3.8) is 0 Å². The maximum absolute atomic E-state index is 5.40. The Morgan fingerprint density at radius 1 is 1.53 bits per heavy atom. The molecule has 17 heavy (non-hydrogen) atoms. The molecule has 2 heterocycles. The van der Waals surface area contributed by atoms with E-state index in [0.29, 0.717) is 11.2 Å². The lowest BCUT2D eigenvalue weighted by Gasteiger charge is -2.12. The predicted octanol–water partition coefficient (Wildman–Crippen LogP) is 1.23. The van der Waals surface area contributed by atoms with Crippen LogP contribution in [0.5, 0.6) is 0 Å². The molecule has 6 nitrogen and oxygen atoms in total. The average molecular weight is 232 g/mol. The molecule has 0 spiro atoms. The molecule has 1 fully saturated rings. The van der Waals surface area contributed by atoms with E-state index in [1.165, 1.54) is 12.8 Å². The van der Waals surface area contributed by atoms with Crippen LogP contribution in [0.1, 0.15) is 19.8 Å². The van der Waals surface area contributed by atoms with Gasteiger partial charge in [0.05, 0.1) is 6.20 Å². The Hall–Kier alpha value is -1.82. The van der Waals surface area contributed by atoms with Crippen LogP contribution in [-0.4, -0.2) is 20.9 Å². The molecule has 0 aromatic carbocycles. The number of nitrogen functional groups attached to an aromatic ring is 1. The molecule has 1 aliphatic carbocycles. The lowest BCUT2D eigenvalue weighted by Crippen LogP contribution is -2.16. The molecule has 0 unspecified atom stereocenters. The molecule has 0 atom stereocenters. The fraction of sp³-hybridized carbons (Fsp3) is 0.455. The molecule has 6 heteroatoms. The number of hydrazine groups is 1. The molecule has 1 aliphatic rings. The van der Waals surface area contributed by atoms with E-state index in [2.05, 4.69) is 27.6 Å². The largest absolute Gasteiger partial charge is 0.366 e. The molecule has 0 bridgehead atoms. The van der Waals surface area contributed by atoms with Crippen molar-refractivity contribution >= 4 is 17.3 Å². The fourth-order valence-electron chi connectivity index (χ4n) is 1.81. The Morgan fingerprint density at radius 3 is 3.06 bits per heavy atom. The van der Waals surface area contributed by atoms with Gasteiger partial charge in [0.15, 0.2) is 17.3 Å². The third kappa shape index (κ3) is 1.91. The summed E-state index contributed by atoms with van der Waals surface area (Å²) in [6.07, 6.45) is 7.99. The van der Waals surface area contributed by atoms with Gasteiger partial charge in [0.25, 0.3) is 0 Å². The third-order valence-corrected chi connectivity index (χ3v) is 3.31. The highest BCUT2D eigenvalue weighted by molar-refractivity contribution is 5.65. The zero-order valence-corrected chi connectivity index (χ0v) is 9.77. The third-order valence-electron chi connectivity index (χ3n) is 3.31. The number of aromatic nitrogens is 3. The monoisotopic (exact) mass is 232 g/mol. The Labute approximate surface area is 99.2 Å². The highest BCUT2D eigenvalue weighted by Crippen LogP contribution is 2.44. The van der Waals surface area contributed by atoms with E-state index in [1.807, 2.05) is 16.8 Å². The molecular formula is C11H16N6. The molecular weight excluding hydrogens is 216 g/mol. The van der Waals surface area contributed by atoms with Crippen LogP contribution in [0, 0.1) is 5.41 Å². The van der Waals surface area contributed by atoms with Gasteiger partial charge in [0, 0.05) is 18.9 Å². The quantitative estimate of drug-likeness (QED) is 0.545. The summed E-state index contributed by atoms with van der Waals surface area (Å²) < 4.78 is 1.90. The molecule has 0 radical (unpaired) electrons. The Kier molecular flexibility index (Phi) is 2.19. The van der Waals surface area contributed by atoms with Gasteiger partial charge >= 0.3 is 0 Å². The summed E-state index contributed by atoms with van der Waals surface area (Å²) in [5, 5.41) is 3.36. The van der Waals surface area contributed by atoms with Crippen molar-refractivity contribution in [2.24, 2.45) is 11.3 Å². The lowest BCUT2D eigenvalue weighted by molar-refractivity contribution is 0.609. The Morgan fingerprint density at radius 2 is 2.35 bits per heavy atom. The molecule has 4 N–H and O–H groups in total. The summed E-state index contributed by atoms with van der Waals surface area (Å²) in [4.78, 5) is 8.68. The smallest absolute Gasteiger partial charge is 0.180 e. The number of hydrogen-bond donors (Lipinski definition) is 3. The summed E-state index contributed by atoms with van der Waals surface area (Å²) in [6.45, 7) is 3.20. The Balaban J connectivity index is 1.92. The highest BCUT2D eigenvalue weighted by Gasteiger charge is 2.37. The van der Waals surface area contributed by atoms with Crippen molar-refractivity contribution in [3.8, 4) is 0 Å². The van der Waals surface area contributed by atoms with Crippen LogP contribution in [0.25, 0.3) is 5.65 Å². The molecule has 3 rings (SSSR count). The van der Waals surface area contributed by atoms with Crippen LogP contribution in [0.3, 0.4) is 0 Å². The minimum absolute atomic E-state index is 0.428. The number of imidazole rings is 1. The van der Waals surface area contributed by atoms with E-state index in [0.717, 1.165) is 18.0 Å². The first-order valence-electron chi connectivity index (χ1n) is 5.74. The second-order valence-electron chi connectivity index (χ2n) is 4.94. The van der Waals surface area contributed by atoms with Crippen molar-refractivity contribution in [2.75, 3.05) is 17.3 Å². The van der Waals surface area contributed by atoms with Gasteiger partial charge in [-0.2, -0.15) is 0 Å².